The summed E-state index contributed by atoms with van der Waals surface area (Å²) in [7, 11) is 1.55. The molecule has 36 heavy (non-hydrogen) atoms. The summed E-state index contributed by atoms with van der Waals surface area (Å²) in [6, 6.07) is 10.2. The van der Waals surface area contributed by atoms with E-state index >= 15 is 0 Å². The molecule has 5 rings (SSSR count). The molecule has 1 fully saturated rings. The number of methoxy groups -OCH3 is 1. The van der Waals surface area contributed by atoms with Crippen molar-refractivity contribution in [2.75, 3.05) is 38.2 Å². The van der Waals surface area contributed by atoms with E-state index < -0.39 is 5.82 Å². The molecule has 1 saturated heterocycles. The monoisotopic (exact) mass is 492 g/mol. The highest BCUT2D eigenvalue weighted by Crippen LogP contribution is 2.23. The average molecular weight is 492 g/mol. The first-order valence-corrected chi connectivity index (χ1v) is 11.2. The lowest BCUT2D eigenvalue weighted by atomic mass is 10.2. The number of ether oxygens (including phenoxy) is 1. The molecule has 10 nitrogen and oxygen atoms in total. The highest BCUT2D eigenvalue weighted by molar-refractivity contribution is 5.77. The molecule has 0 spiro atoms. The van der Waals surface area contributed by atoms with Crippen molar-refractivity contribution in [3.63, 3.8) is 0 Å². The van der Waals surface area contributed by atoms with Gasteiger partial charge < -0.3 is 14.5 Å². The van der Waals surface area contributed by atoms with Gasteiger partial charge in [-0.25, -0.2) is 33.4 Å². The van der Waals surface area contributed by atoms with Crippen LogP contribution in [-0.2, 0) is 11.3 Å². The number of benzene rings is 1. The summed E-state index contributed by atoms with van der Waals surface area (Å²) in [4.78, 5) is 33.9. The summed E-state index contributed by atoms with van der Waals surface area (Å²) in [6.07, 6.45) is 2.52. The van der Waals surface area contributed by atoms with Crippen molar-refractivity contribution in [3.8, 4) is 28.8 Å². The van der Waals surface area contributed by atoms with Gasteiger partial charge in [-0.3, -0.25) is 4.79 Å². The molecule has 4 heterocycles. The normalized spacial score (nSPS) is 13.6. The molecule has 4 aromatic rings. The van der Waals surface area contributed by atoms with E-state index in [1.54, 1.807) is 30.2 Å². The first-order chi connectivity index (χ1) is 17.5. The number of pyridine rings is 1. The maximum absolute atomic E-state index is 13.5. The van der Waals surface area contributed by atoms with Crippen LogP contribution in [0.2, 0.25) is 0 Å². The van der Waals surface area contributed by atoms with Gasteiger partial charge in [0.25, 0.3) is 0 Å². The van der Waals surface area contributed by atoms with Crippen LogP contribution in [-0.4, -0.2) is 73.8 Å². The summed E-state index contributed by atoms with van der Waals surface area (Å²) >= 11 is 0. The molecule has 0 unspecified atom stereocenters. The largest absolute Gasteiger partial charge is 0.481 e. The SMILES string of the molecule is COc1cc(N2CCN(C(=O)Cn3nc(-c4ccc(F)cn4)nc3-c3ccc(F)cc3)CC2)ncn1. The zero-order valence-corrected chi connectivity index (χ0v) is 19.4. The van der Waals surface area contributed by atoms with Crippen molar-refractivity contribution in [2.24, 2.45) is 0 Å². The van der Waals surface area contributed by atoms with E-state index in [0.29, 0.717) is 49.1 Å². The maximum Gasteiger partial charge on any atom is 0.244 e. The first-order valence-electron chi connectivity index (χ1n) is 11.2. The van der Waals surface area contributed by atoms with Gasteiger partial charge in [0.05, 0.1) is 13.3 Å². The molecule has 0 N–H and O–H groups in total. The second-order valence-corrected chi connectivity index (χ2v) is 8.07. The zero-order chi connectivity index (χ0) is 25.1. The van der Waals surface area contributed by atoms with Crippen molar-refractivity contribution < 1.29 is 18.3 Å². The summed E-state index contributed by atoms with van der Waals surface area (Å²) in [5.41, 5.74) is 0.951. The number of hydrogen-bond acceptors (Lipinski definition) is 8. The Kier molecular flexibility index (Phi) is 6.48. The number of amides is 1. The van der Waals surface area contributed by atoms with Gasteiger partial charge in [0, 0.05) is 37.8 Å². The fourth-order valence-electron chi connectivity index (χ4n) is 3.91. The van der Waals surface area contributed by atoms with Crippen LogP contribution in [0.3, 0.4) is 0 Å². The molecule has 0 radical (unpaired) electrons. The zero-order valence-electron chi connectivity index (χ0n) is 19.4. The van der Waals surface area contributed by atoms with Gasteiger partial charge in [-0.15, -0.1) is 5.10 Å². The van der Waals surface area contributed by atoms with Crippen LogP contribution in [0.4, 0.5) is 14.6 Å². The number of rotatable bonds is 6. The molecule has 1 aromatic carbocycles. The molecule has 3 aromatic heterocycles. The third kappa shape index (κ3) is 4.97. The second-order valence-electron chi connectivity index (χ2n) is 8.07. The van der Waals surface area contributed by atoms with E-state index in [1.165, 1.54) is 35.3 Å². The van der Waals surface area contributed by atoms with Crippen molar-refractivity contribution >= 4 is 11.7 Å². The third-order valence-corrected chi connectivity index (χ3v) is 5.81. The number of aromatic nitrogens is 6. The van der Waals surface area contributed by atoms with Crippen molar-refractivity contribution in [1.82, 2.24) is 34.6 Å². The van der Waals surface area contributed by atoms with Crippen LogP contribution in [0.15, 0.2) is 55.0 Å². The van der Waals surface area contributed by atoms with Gasteiger partial charge in [-0.05, 0) is 36.4 Å². The summed E-state index contributed by atoms with van der Waals surface area (Å²) < 4.78 is 33.5. The molecule has 1 aliphatic rings. The number of nitrogens with zero attached hydrogens (tertiary/aromatic N) is 8. The van der Waals surface area contributed by atoms with Gasteiger partial charge in [0.2, 0.25) is 11.8 Å². The standard InChI is InChI=1S/C24H22F2N8O2/c1-36-21-12-20(28-15-29-21)32-8-10-33(11-9-32)22(35)14-34-24(16-2-4-17(25)5-3-16)30-23(31-34)19-7-6-18(26)13-27-19/h2-7,12-13,15H,8-11,14H2,1H3. The molecule has 0 atom stereocenters. The molecule has 1 aliphatic heterocycles. The Hall–Kier alpha value is -4.48. The summed E-state index contributed by atoms with van der Waals surface area (Å²) in [6.45, 7) is 2.12. The summed E-state index contributed by atoms with van der Waals surface area (Å²) in [5.74, 6) is 0.833. The van der Waals surface area contributed by atoms with Gasteiger partial charge in [0.15, 0.2) is 11.6 Å². The third-order valence-electron chi connectivity index (χ3n) is 5.81. The minimum absolute atomic E-state index is 0.0672. The molecule has 0 saturated carbocycles. The van der Waals surface area contributed by atoms with E-state index in [9.17, 15) is 13.6 Å². The molecular weight excluding hydrogens is 470 g/mol. The predicted molar refractivity (Wildman–Crippen MR) is 126 cm³/mol. The number of halogens is 2. The average Bonchev–Trinajstić information content (AvgIpc) is 3.33. The molecule has 1 amide bonds. The molecule has 184 valence electrons. The van der Waals surface area contributed by atoms with Gasteiger partial charge in [0.1, 0.15) is 36.0 Å². The quantitative estimate of drug-likeness (QED) is 0.405. The van der Waals surface area contributed by atoms with Gasteiger partial charge in [-0.2, -0.15) is 0 Å². The second kappa shape index (κ2) is 10.0. The molecule has 0 bridgehead atoms. The highest BCUT2D eigenvalue weighted by Gasteiger charge is 2.24. The Bertz CT molecular complexity index is 1350. The fraction of sp³-hybridized carbons (Fsp3) is 0.250. The lowest BCUT2D eigenvalue weighted by molar-refractivity contribution is -0.132. The van der Waals surface area contributed by atoms with E-state index in [2.05, 4.69) is 29.9 Å². The topological polar surface area (TPSA) is 102 Å². The predicted octanol–water partition coefficient (Wildman–Crippen LogP) is 2.43. The van der Waals surface area contributed by atoms with E-state index in [0.717, 1.165) is 12.0 Å². The Labute approximate surface area is 205 Å². The van der Waals surface area contributed by atoms with Crippen LogP contribution < -0.4 is 9.64 Å². The lowest BCUT2D eigenvalue weighted by Crippen LogP contribution is -2.50. The van der Waals surface area contributed by atoms with Crippen LogP contribution >= 0.6 is 0 Å². The Balaban J connectivity index is 1.34. The van der Waals surface area contributed by atoms with Crippen LogP contribution in [0.5, 0.6) is 5.88 Å². The molecule has 12 heteroatoms. The number of piperazine rings is 1. The van der Waals surface area contributed by atoms with Crippen LogP contribution in [0.1, 0.15) is 0 Å². The van der Waals surface area contributed by atoms with Crippen LogP contribution in [0.25, 0.3) is 22.9 Å². The minimum Gasteiger partial charge on any atom is -0.481 e. The minimum atomic E-state index is -0.480. The first kappa shape index (κ1) is 23.3. The smallest absolute Gasteiger partial charge is 0.244 e. The van der Waals surface area contributed by atoms with E-state index in [-0.39, 0.29) is 24.1 Å². The van der Waals surface area contributed by atoms with E-state index in [1.807, 2.05) is 0 Å². The van der Waals surface area contributed by atoms with Crippen molar-refractivity contribution in [3.05, 3.63) is 66.6 Å². The number of anilines is 1. The number of carbonyl (C=O) groups is 1. The van der Waals surface area contributed by atoms with Crippen molar-refractivity contribution in [2.45, 2.75) is 6.54 Å². The Morgan fingerprint density at radius 3 is 2.42 bits per heavy atom. The van der Waals surface area contributed by atoms with E-state index in [4.69, 9.17) is 4.74 Å². The van der Waals surface area contributed by atoms with Gasteiger partial charge >= 0.3 is 0 Å². The molecular formula is C24H22F2N8O2. The number of hydrogen-bond donors (Lipinski definition) is 0. The fourth-order valence-corrected chi connectivity index (χ4v) is 3.91. The Morgan fingerprint density at radius 2 is 1.72 bits per heavy atom. The molecule has 0 aliphatic carbocycles. The van der Waals surface area contributed by atoms with Crippen molar-refractivity contribution in [1.29, 1.82) is 0 Å². The number of carbonyl (C=O) groups excluding carboxylic acids is 1. The summed E-state index contributed by atoms with van der Waals surface area (Å²) in [5, 5.41) is 4.46. The highest BCUT2D eigenvalue weighted by atomic mass is 19.1. The van der Waals surface area contributed by atoms with Gasteiger partial charge in [-0.1, -0.05) is 0 Å². The van der Waals surface area contributed by atoms with Crippen LogP contribution in [0, 0.1) is 11.6 Å². The lowest BCUT2D eigenvalue weighted by Gasteiger charge is -2.35. The maximum atomic E-state index is 13.5. The Morgan fingerprint density at radius 1 is 0.972 bits per heavy atom.